The van der Waals surface area contributed by atoms with E-state index in [1.807, 2.05) is 6.07 Å². The minimum Gasteiger partial charge on any atom is -0.492 e. The van der Waals surface area contributed by atoms with E-state index < -0.39 is 0 Å². The molecule has 0 fully saturated rings. The van der Waals surface area contributed by atoms with Crippen LogP contribution in [0.2, 0.25) is 10.0 Å². The number of benzene rings is 1. The predicted octanol–water partition coefficient (Wildman–Crippen LogP) is 3.77. The van der Waals surface area contributed by atoms with Gasteiger partial charge in [0.05, 0.1) is 10.0 Å². The second kappa shape index (κ2) is 4.80. The van der Waals surface area contributed by atoms with Crippen molar-refractivity contribution in [1.29, 1.82) is 5.26 Å². The normalized spacial score (nSPS) is 9.94. The molecular formula is C10H5Cl2N3OS. The maximum absolute atomic E-state index is 9.30. The zero-order valence-electron chi connectivity index (χ0n) is 8.24. The lowest BCUT2D eigenvalue weighted by Gasteiger charge is -2.04. The van der Waals surface area contributed by atoms with Crippen molar-refractivity contribution in [3.63, 3.8) is 0 Å². The topological polar surface area (TPSA) is 68.9 Å². The Balaban J connectivity index is 2.32. The molecule has 0 unspecified atom stereocenters. The second-order valence-corrected chi connectivity index (χ2v) is 4.66. The van der Waals surface area contributed by atoms with E-state index in [1.54, 1.807) is 18.2 Å². The number of nitrogens with one attached hydrogen (secondary N) is 1. The summed E-state index contributed by atoms with van der Waals surface area (Å²) >= 11 is 12.6. The van der Waals surface area contributed by atoms with E-state index in [2.05, 4.69) is 9.69 Å². The Labute approximate surface area is 111 Å². The van der Waals surface area contributed by atoms with Crippen molar-refractivity contribution in [2.75, 3.05) is 5.32 Å². The summed E-state index contributed by atoms with van der Waals surface area (Å²) in [5, 5.41) is 22.4. The lowest BCUT2D eigenvalue weighted by molar-refractivity contribution is 0.458. The van der Waals surface area contributed by atoms with E-state index in [0.717, 1.165) is 11.5 Å². The summed E-state index contributed by atoms with van der Waals surface area (Å²) in [5.41, 5.74) is 0.778. The van der Waals surface area contributed by atoms with Gasteiger partial charge in [0.25, 0.3) is 0 Å². The number of aromatic nitrogens is 1. The van der Waals surface area contributed by atoms with Crippen molar-refractivity contribution < 1.29 is 5.11 Å². The van der Waals surface area contributed by atoms with Gasteiger partial charge in [0.1, 0.15) is 11.1 Å². The van der Waals surface area contributed by atoms with Crippen LogP contribution in [0.15, 0.2) is 18.2 Å². The number of hydrogen-bond donors (Lipinski definition) is 2. The van der Waals surface area contributed by atoms with E-state index in [0.29, 0.717) is 20.7 Å². The fourth-order valence-corrected chi connectivity index (χ4v) is 2.13. The summed E-state index contributed by atoms with van der Waals surface area (Å²) in [4.78, 5) is 0. The first-order valence-electron chi connectivity index (χ1n) is 4.42. The van der Waals surface area contributed by atoms with Gasteiger partial charge in [-0.05, 0) is 29.7 Å². The quantitative estimate of drug-likeness (QED) is 0.881. The smallest absolute Gasteiger partial charge is 0.243 e. The summed E-state index contributed by atoms with van der Waals surface area (Å²) in [6.07, 6.45) is 0. The van der Waals surface area contributed by atoms with E-state index in [9.17, 15) is 5.11 Å². The molecule has 0 aliphatic heterocycles. The van der Waals surface area contributed by atoms with Gasteiger partial charge in [-0.25, -0.2) is 0 Å². The Morgan fingerprint density at radius 3 is 2.76 bits per heavy atom. The molecule has 17 heavy (non-hydrogen) atoms. The van der Waals surface area contributed by atoms with Gasteiger partial charge in [-0.3, -0.25) is 0 Å². The summed E-state index contributed by atoms with van der Waals surface area (Å²) < 4.78 is 3.68. The van der Waals surface area contributed by atoms with Crippen LogP contribution in [-0.4, -0.2) is 9.48 Å². The van der Waals surface area contributed by atoms with Gasteiger partial charge >= 0.3 is 0 Å². The largest absolute Gasteiger partial charge is 0.492 e. The molecule has 2 aromatic rings. The molecular weight excluding hydrogens is 281 g/mol. The molecule has 0 radical (unpaired) electrons. The number of hydrogen-bond acceptors (Lipinski definition) is 5. The molecule has 0 aliphatic carbocycles. The summed E-state index contributed by atoms with van der Waals surface area (Å²) in [6.45, 7) is 0. The summed E-state index contributed by atoms with van der Waals surface area (Å²) in [7, 11) is 0. The van der Waals surface area contributed by atoms with Gasteiger partial charge in [-0.15, -0.1) is 0 Å². The minimum absolute atomic E-state index is 0.112. The molecule has 0 saturated carbocycles. The molecule has 0 saturated heterocycles. The molecule has 4 nitrogen and oxygen atoms in total. The highest BCUT2D eigenvalue weighted by molar-refractivity contribution is 7.10. The standard InChI is InChI=1S/C10H5Cl2N3OS/c11-7-2-1-5(3-8(7)12)14-10-6(4-13)9(16)15-17-10/h1-3,14H,(H,15,16). The maximum Gasteiger partial charge on any atom is 0.243 e. The third-order valence-corrected chi connectivity index (χ3v) is 3.46. The number of halogens is 2. The molecule has 2 N–H and O–H groups in total. The monoisotopic (exact) mass is 285 g/mol. The lowest BCUT2D eigenvalue weighted by Crippen LogP contribution is -1.89. The zero-order chi connectivity index (χ0) is 12.4. The first-order chi connectivity index (χ1) is 8.11. The first-order valence-corrected chi connectivity index (χ1v) is 5.95. The highest BCUT2D eigenvalue weighted by Gasteiger charge is 2.12. The lowest BCUT2D eigenvalue weighted by atomic mass is 10.3. The van der Waals surface area contributed by atoms with Gasteiger partial charge in [0, 0.05) is 5.69 Å². The fourth-order valence-electron chi connectivity index (χ4n) is 1.17. The summed E-state index contributed by atoms with van der Waals surface area (Å²) in [6, 6.07) is 6.85. The molecule has 0 atom stereocenters. The molecule has 0 bridgehead atoms. The van der Waals surface area contributed by atoms with Crippen molar-refractivity contribution in [3.8, 4) is 11.9 Å². The highest BCUT2D eigenvalue weighted by atomic mass is 35.5. The maximum atomic E-state index is 9.30. The van der Waals surface area contributed by atoms with Crippen molar-refractivity contribution in [2.45, 2.75) is 0 Å². The number of nitriles is 1. The number of anilines is 2. The zero-order valence-corrected chi connectivity index (χ0v) is 10.6. The van der Waals surface area contributed by atoms with Gasteiger partial charge in [0.15, 0.2) is 5.56 Å². The highest BCUT2D eigenvalue weighted by Crippen LogP contribution is 2.33. The van der Waals surface area contributed by atoms with Gasteiger partial charge in [-0.1, -0.05) is 23.2 Å². The third kappa shape index (κ3) is 2.44. The second-order valence-electron chi connectivity index (χ2n) is 3.08. The van der Waals surface area contributed by atoms with Crippen LogP contribution in [0.3, 0.4) is 0 Å². The molecule has 1 aromatic heterocycles. The molecule has 0 spiro atoms. The minimum atomic E-state index is -0.278. The van der Waals surface area contributed by atoms with Crippen LogP contribution in [0, 0.1) is 11.3 Å². The van der Waals surface area contributed by atoms with Crippen LogP contribution in [0.4, 0.5) is 10.7 Å². The fraction of sp³-hybridized carbons (Fsp3) is 0. The van der Waals surface area contributed by atoms with Gasteiger partial charge < -0.3 is 10.4 Å². The summed E-state index contributed by atoms with van der Waals surface area (Å²) in [5.74, 6) is -0.278. The van der Waals surface area contributed by atoms with E-state index in [-0.39, 0.29) is 11.4 Å². The number of aromatic hydroxyl groups is 1. The molecule has 86 valence electrons. The molecule has 1 heterocycles. The third-order valence-electron chi connectivity index (χ3n) is 1.96. The van der Waals surface area contributed by atoms with Gasteiger partial charge in [-0.2, -0.15) is 9.64 Å². The van der Waals surface area contributed by atoms with Crippen LogP contribution < -0.4 is 5.32 Å². The average Bonchev–Trinajstić information content (AvgIpc) is 2.64. The van der Waals surface area contributed by atoms with Crippen LogP contribution >= 0.6 is 34.7 Å². The van der Waals surface area contributed by atoms with Crippen molar-refractivity contribution in [3.05, 3.63) is 33.8 Å². The number of rotatable bonds is 2. The predicted molar refractivity (Wildman–Crippen MR) is 68.2 cm³/mol. The van der Waals surface area contributed by atoms with Crippen molar-refractivity contribution in [1.82, 2.24) is 4.37 Å². The number of nitrogens with zero attached hydrogens (tertiary/aromatic N) is 2. The average molecular weight is 286 g/mol. The first kappa shape index (κ1) is 12.0. The van der Waals surface area contributed by atoms with E-state index >= 15 is 0 Å². The van der Waals surface area contributed by atoms with Crippen LogP contribution in [0.1, 0.15) is 5.56 Å². The van der Waals surface area contributed by atoms with Crippen LogP contribution in [0.25, 0.3) is 0 Å². The van der Waals surface area contributed by atoms with Gasteiger partial charge in [0.2, 0.25) is 5.88 Å². The molecule has 0 amide bonds. The van der Waals surface area contributed by atoms with Crippen molar-refractivity contribution >= 4 is 45.4 Å². The molecule has 7 heteroatoms. The van der Waals surface area contributed by atoms with Crippen molar-refractivity contribution in [2.24, 2.45) is 0 Å². The molecule has 2 rings (SSSR count). The van der Waals surface area contributed by atoms with E-state index in [4.69, 9.17) is 28.5 Å². The Hall–Kier alpha value is -1.48. The Morgan fingerprint density at radius 1 is 1.35 bits per heavy atom. The SMILES string of the molecule is N#Cc1c(O)nsc1Nc1ccc(Cl)c(Cl)c1. The Bertz CT molecular complexity index is 606. The van der Waals surface area contributed by atoms with Crippen LogP contribution in [-0.2, 0) is 0 Å². The Kier molecular flexibility index (Phi) is 3.38. The van der Waals surface area contributed by atoms with E-state index in [1.165, 1.54) is 0 Å². The molecule has 0 aliphatic rings. The Morgan fingerprint density at radius 2 is 2.12 bits per heavy atom. The molecule has 1 aromatic carbocycles. The van der Waals surface area contributed by atoms with Crippen LogP contribution in [0.5, 0.6) is 5.88 Å².